The second kappa shape index (κ2) is 4.53. The van der Waals surface area contributed by atoms with Gasteiger partial charge in [-0.05, 0) is 5.92 Å². The van der Waals surface area contributed by atoms with Gasteiger partial charge >= 0.3 is 0 Å². The zero-order valence-electron chi connectivity index (χ0n) is 6.38. The van der Waals surface area contributed by atoms with Crippen LogP contribution >= 0.6 is 23.3 Å². The molecule has 0 amide bonds. The molecule has 0 aromatic rings. The van der Waals surface area contributed by atoms with Crippen LogP contribution in [0, 0.1) is 5.92 Å². The minimum atomic E-state index is -2.80. The monoisotopic (exact) mass is 228 g/mol. The van der Waals surface area contributed by atoms with Crippen molar-refractivity contribution in [1.29, 1.82) is 0 Å². The lowest BCUT2D eigenvalue weighted by molar-refractivity contribution is 0.470. The fourth-order valence-electron chi connectivity index (χ4n) is 0.794. The Balaban J connectivity index is 3.75. The summed E-state index contributed by atoms with van der Waals surface area (Å²) in [7, 11) is -2.80. The third-order valence-corrected chi connectivity index (χ3v) is 4.32. The summed E-state index contributed by atoms with van der Waals surface area (Å²) < 4.78 is 11.1. The van der Waals surface area contributed by atoms with E-state index in [4.69, 9.17) is 0 Å². The van der Waals surface area contributed by atoms with Crippen molar-refractivity contribution in [2.45, 2.75) is 13.8 Å². The Kier molecular flexibility index (Phi) is 4.83. The fourth-order valence-corrected chi connectivity index (χ4v) is 4.04. The lowest BCUT2D eigenvalue weighted by Gasteiger charge is -2.11. The van der Waals surface area contributed by atoms with Gasteiger partial charge in [0.1, 0.15) is 0 Å². The summed E-state index contributed by atoms with van der Waals surface area (Å²) in [4.78, 5) is 9.21. The van der Waals surface area contributed by atoms with Crippen LogP contribution in [-0.2, 0) is 4.57 Å². The number of alkyl halides is 1. The van der Waals surface area contributed by atoms with E-state index in [0.29, 0.717) is 23.6 Å². The molecule has 0 aromatic carbocycles. The van der Waals surface area contributed by atoms with Gasteiger partial charge in [0.25, 0.3) is 0 Å². The predicted octanol–water partition coefficient (Wildman–Crippen LogP) is 2.31. The van der Waals surface area contributed by atoms with Gasteiger partial charge in [0.15, 0.2) is 0 Å². The highest BCUT2D eigenvalue weighted by Crippen LogP contribution is 2.42. The molecule has 0 rings (SSSR count). The molecular formula is C6H14BrO2P. The van der Waals surface area contributed by atoms with Crippen molar-refractivity contribution in [3.63, 3.8) is 0 Å². The first-order chi connectivity index (χ1) is 4.48. The summed E-state index contributed by atoms with van der Waals surface area (Å²) in [5.74, 6) is 0.315. The number of halogens is 1. The van der Waals surface area contributed by atoms with Crippen molar-refractivity contribution in [2.24, 2.45) is 5.92 Å². The lowest BCUT2D eigenvalue weighted by atomic mass is 10.3. The summed E-state index contributed by atoms with van der Waals surface area (Å²) in [5, 5.41) is 0.619. The molecule has 0 saturated carbocycles. The van der Waals surface area contributed by atoms with E-state index >= 15 is 0 Å². The van der Waals surface area contributed by atoms with Crippen LogP contribution in [-0.4, -0.2) is 22.5 Å². The standard InChI is InChI=1S/C6H14BrO2P/c1-6(2)5-10(8,9)4-3-7/h6H,3-5H2,1-2H3,(H,8,9). The van der Waals surface area contributed by atoms with E-state index in [1.165, 1.54) is 0 Å². The summed E-state index contributed by atoms with van der Waals surface area (Å²) >= 11 is 3.14. The molecule has 0 radical (unpaired) electrons. The first kappa shape index (κ1) is 10.7. The lowest BCUT2D eigenvalue weighted by Crippen LogP contribution is -2.01. The van der Waals surface area contributed by atoms with Gasteiger partial charge < -0.3 is 4.89 Å². The normalized spacial score (nSPS) is 17.3. The fraction of sp³-hybridized carbons (Fsp3) is 1.00. The van der Waals surface area contributed by atoms with Crippen molar-refractivity contribution < 1.29 is 9.46 Å². The molecule has 0 heterocycles. The van der Waals surface area contributed by atoms with Gasteiger partial charge in [0.2, 0.25) is 7.37 Å². The summed E-state index contributed by atoms with van der Waals surface area (Å²) in [5.41, 5.74) is 0. The van der Waals surface area contributed by atoms with Gasteiger partial charge in [0.05, 0.1) is 0 Å². The molecule has 62 valence electrons. The Morgan fingerprint density at radius 1 is 1.60 bits per heavy atom. The van der Waals surface area contributed by atoms with Crippen molar-refractivity contribution in [3.8, 4) is 0 Å². The first-order valence-electron chi connectivity index (χ1n) is 3.35. The Morgan fingerprint density at radius 3 is 2.40 bits per heavy atom. The molecule has 0 aliphatic rings. The van der Waals surface area contributed by atoms with Gasteiger partial charge in [-0.15, -0.1) is 0 Å². The molecule has 0 spiro atoms. The average molecular weight is 229 g/mol. The van der Waals surface area contributed by atoms with Crippen molar-refractivity contribution in [1.82, 2.24) is 0 Å². The predicted molar refractivity (Wildman–Crippen MR) is 48.2 cm³/mol. The maximum absolute atomic E-state index is 11.1. The molecule has 0 fully saturated rings. The third-order valence-electron chi connectivity index (χ3n) is 1.08. The zero-order valence-corrected chi connectivity index (χ0v) is 8.86. The van der Waals surface area contributed by atoms with Gasteiger partial charge in [-0.25, -0.2) is 0 Å². The molecule has 10 heavy (non-hydrogen) atoms. The van der Waals surface area contributed by atoms with Crippen molar-refractivity contribution in [3.05, 3.63) is 0 Å². The summed E-state index contributed by atoms with van der Waals surface area (Å²) in [6, 6.07) is 0. The summed E-state index contributed by atoms with van der Waals surface area (Å²) in [6.45, 7) is 3.91. The Bertz CT molecular complexity index is 136. The minimum Gasteiger partial charge on any atom is -0.344 e. The quantitative estimate of drug-likeness (QED) is 0.593. The van der Waals surface area contributed by atoms with Gasteiger partial charge in [-0.2, -0.15) is 0 Å². The van der Waals surface area contributed by atoms with Crippen LogP contribution in [0.2, 0.25) is 0 Å². The van der Waals surface area contributed by atoms with Crippen LogP contribution in [0.15, 0.2) is 0 Å². The second-order valence-electron chi connectivity index (χ2n) is 2.84. The number of hydrogen-bond acceptors (Lipinski definition) is 1. The van der Waals surface area contributed by atoms with Crippen LogP contribution in [0.4, 0.5) is 0 Å². The molecule has 4 heteroatoms. The van der Waals surface area contributed by atoms with Gasteiger partial charge in [0, 0.05) is 17.7 Å². The number of rotatable bonds is 4. The molecule has 1 N–H and O–H groups in total. The average Bonchev–Trinajstić information content (AvgIpc) is 1.59. The first-order valence-corrected chi connectivity index (χ1v) is 6.50. The summed E-state index contributed by atoms with van der Waals surface area (Å²) in [6.07, 6.45) is 0.837. The van der Waals surface area contributed by atoms with Crippen molar-refractivity contribution in [2.75, 3.05) is 17.7 Å². The molecule has 2 nitrogen and oxygen atoms in total. The van der Waals surface area contributed by atoms with E-state index < -0.39 is 7.37 Å². The van der Waals surface area contributed by atoms with E-state index in [1.807, 2.05) is 13.8 Å². The van der Waals surface area contributed by atoms with Crippen LogP contribution in [0.5, 0.6) is 0 Å². The zero-order chi connectivity index (χ0) is 8.20. The Labute approximate surface area is 70.6 Å². The molecule has 0 aliphatic carbocycles. The van der Waals surface area contributed by atoms with Crippen LogP contribution in [0.3, 0.4) is 0 Å². The SMILES string of the molecule is CC(C)CP(=O)(O)CCBr. The molecule has 0 bridgehead atoms. The molecule has 1 atom stereocenters. The van der Waals surface area contributed by atoms with Crippen LogP contribution < -0.4 is 0 Å². The highest BCUT2D eigenvalue weighted by molar-refractivity contribution is 9.09. The molecule has 0 aliphatic heterocycles. The van der Waals surface area contributed by atoms with E-state index in [0.717, 1.165) is 0 Å². The van der Waals surface area contributed by atoms with Crippen molar-refractivity contribution >= 4 is 23.3 Å². The Hall–Kier alpha value is 0.670. The van der Waals surface area contributed by atoms with E-state index in [1.54, 1.807) is 0 Å². The Morgan fingerprint density at radius 2 is 2.10 bits per heavy atom. The maximum Gasteiger partial charge on any atom is 0.201 e. The van der Waals surface area contributed by atoms with E-state index in [2.05, 4.69) is 15.9 Å². The van der Waals surface area contributed by atoms with E-state index in [9.17, 15) is 9.46 Å². The molecular weight excluding hydrogens is 215 g/mol. The third kappa shape index (κ3) is 5.45. The second-order valence-corrected chi connectivity index (χ2v) is 6.13. The van der Waals surface area contributed by atoms with E-state index in [-0.39, 0.29) is 0 Å². The number of hydrogen-bond donors (Lipinski definition) is 1. The van der Waals surface area contributed by atoms with Crippen LogP contribution in [0.1, 0.15) is 13.8 Å². The molecule has 0 saturated heterocycles. The smallest absolute Gasteiger partial charge is 0.201 e. The van der Waals surface area contributed by atoms with Gasteiger partial charge in [-0.3, -0.25) is 4.57 Å². The van der Waals surface area contributed by atoms with Gasteiger partial charge in [-0.1, -0.05) is 29.8 Å². The highest BCUT2D eigenvalue weighted by atomic mass is 79.9. The van der Waals surface area contributed by atoms with Crippen LogP contribution in [0.25, 0.3) is 0 Å². The molecule has 0 aromatic heterocycles. The molecule has 1 unspecified atom stereocenters. The minimum absolute atomic E-state index is 0.315. The maximum atomic E-state index is 11.1. The topological polar surface area (TPSA) is 37.3 Å². The largest absolute Gasteiger partial charge is 0.344 e. The highest BCUT2D eigenvalue weighted by Gasteiger charge is 2.17.